The number of sulfonamides is 1. The van der Waals surface area contributed by atoms with Crippen LogP contribution in [0.3, 0.4) is 0 Å². The quantitative estimate of drug-likeness (QED) is 0.864. The highest BCUT2D eigenvalue weighted by atomic mass is 35.5. The summed E-state index contributed by atoms with van der Waals surface area (Å²) in [5.41, 5.74) is 0.616. The van der Waals surface area contributed by atoms with Gasteiger partial charge in [0, 0.05) is 24.3 Å². The fourth-order valence-electron chi connectivity index (χ4n) is 2.56. The molecule has 0 N–H and O–H groups in total. The van der Waals surface area contributed by atoms with Crippen LogP contribution in [0, 0.1) is 0 Å². The second kappa shape index (κ2) is 5.78. The van der Waals surface area contributed by atoms with E-state index in [0.29, 0.717) is 29.6 Å². The first-order valence-electron chi connectivity index (χ1n) is 7.02. The number of hydrogen-bond donors (Lipinski definition) is 0. The van der Waals surface area contributed by atoms with Crippen molar-refractivity contribution in [3.05, 3.63) is 47.6 Å². The number of nitrogens with zero attached hydrogens (tertiary/aromatic N) is 3. The van der Waals surface area contributed by atoms with E-state index >= 15 is 0 Å². The minimum atomic E-state index is -3.62. The lowest BCUT2D eigenvalue weighted by atomic mass is 10.3. The number of halogens is 1. The van der Waals surface area contributed by atoms with Gasteiger partial charge in [-0.3, -0.25) is 4.31 Å². The Balaban J connectivity index is 2.07. The first-order valence-corrected chi connectivity index (χ1v) is 8.84. The van der Waals surface area contributed by atoms with Gasteiger partial charge in [0.05, 0.1) is 17.1 Å². The van der Waals surface area contributed by atoms with Gasteiger partial charge in [-0.2, -0.15) is 0 Å². The van der Waals surface area contributed by atoms with Crippen LogP contribution < -0.4 is 9.21 Å². The van der Waals surface area contributed by atoms with Crippen LogP contribution in [0.25, 0.3) is 0 Å². The number of benzene rings is 1. The van der Waals surface area contributed by atoms with E-state index in [0.717, 1.165) is 6.54 Å². The molecule has 7 heteroatoms. The number of rotatable bonds is 3. The Morgan fingerprint density at radius 1 is 1.18 bits per heavy atom. The highest BCUT2D eigenvalue weighted by Gasteiger charge is 2.32. The molecule has 116 valence electrons. The van der Waals surface area contributed by atoms with E-state index in [-0.39, 0.29) is 4.90 Å². The van der Waals surface area contributed by atoms with Crippen LogP contribution in [0.5, 0.6) is 0 Å². The van der Waals surface area contributed by atoms with E-state index < -0.39 is 10.0 Å². The van der Waals surface area contributed by atoms with Crippen LogP contribution in [0.4, 0.5) is 11.5 Å². The van der Waals surface area contributed by atoms with Crippen molar-refractivity contribution in [1.82, 2.24) is 4.98 Å². The van der Waals surface area contributed by atoms with Crippen molar-refractivity contribution in [3.63, 3.8) is 0 Å². The zero-order valence-corrected chi connectivity index (χ0v) is 13.7. The molecule has 0 spiro atoms. The largest absolute Gasteiger partial charge is 0.353 e. The monoisotopic (exact) mass is 337 g/mol. The van der Waals surface area contributed by atoms with Gasteiger partial charge in [-0.15, -0.1) is 0 Å². The summed E-state index contributed by atoms with van der Waals surface area (Å²) in [4.78, 5) is 6.65. The Labute approximate surface area is 135 Å². The number of pyridine rings is 1. The van der Waals surface area contributed by atoms with E-state index in [9.17, 15) is 8.42 Å². The maximum atomic E-state index is 12.9. The van der Waals surface area contributed by atoms with Gasteiger partial charge in [0.2, 0.25) is 0 Å². The summed E-state index contributed by atoms with van der Waals surface area (Å²) in [5, 5.41) is 0.511. The summed E-state index contributed by atoms with van der Waals surface area (Å²) >= 11 is 5.84. The lowest BCUT2D eigenvalue weighted by molar-refractivity contribution is 0.588. The van der Waals surface area contributed by atoms with E-state index in [1.807, 2.05) is 6.92 Å². The standard InChI is InChI=1S/C15H16ClN3O2S/c1-2-18-10-11-19(14-4-3-9-17-15(14)18)22(20,21)13-7-5-12(16)6-8-13/h3-9H,2,10-11H2,1H3. The van der Waals surface area contributed by atoms with Gasteiger partial charge in [0.25, 0.3) is 10.0 Å². The van der Waals surface area contributed by atoms with Gasteiger partial charge in [-0.25, -0.2) is 13.4 Å². The highest BCUT2D eigenvalue weighted by molar-refractivity contribution is 7.92. The van der Waals surface area contributed by atoms with Gasteiger partial charge in [0.15, 0.2) is 5.82 Å². The van der Waals surface area contributed by atoms with Crippen molar-refractivity contribution < 1.29 is 8.42 Å². The molecule has 0 aliphatic carbocycles. The molecule has 1 aliphatic heterocycles. The molecule has 2 heterocycles. The third kappa shape index (κ3) is 2.53. The molecular weight excluding hydrogens is 322 g/mol. The Morgan fingerprint density at radius 3 is 2.59 bits per heavy atom. The molecule has 22 heavy (non-hydrogen) atoms. The first kappa shape index (κ1) is 15.1. The van der Waals surface area contributed by atoms with Crippen molar-refractivity contribution in [2.75, 3.05) is 28.8 Å². The zero-order chi connectivity index (χ0) is 15.7. The molecule has 0 radical (unpaired) electrons. The smallest absolute Gasteiger partial charge is 0.264 e. The molecule has 0 saturated carbocycles. The number of anilines is 2. The predicted octanol–water partition coefficient (Wildman–Crippen LogP) is 2.77. The molecule has 1 aromatic carbocycles. The number of aromatic nitrogens is 1. The zero-order valence-electron chi connectivity index (χ0n) is 12.1. The van der Waals surface area contributed by atoms with Crippen LogP contribution in [0.2, 0.25) is 5.02 Å². The fourth-order valence-corrected chi connectivity index (χ4v) is 4.14. The summed E-state index contributed by atoms with van der Waals surface area (Å²) in [6.45, 7) is 3.84. The molecule has 5 nitrogen and oxygen atoms in total. The molecule has 2 aromatic rings. The van der Waals surface area contributed by atoms with E-state index in [4.69, 9.17) is 11.6 Å². The van der Waals surface area contributed by atoms with Gasteiger partial charge < -0.3 is 4.90 Å². The fraction of sp³-hybridized carbons (Fsp3) is 0.267. The second-order valence-corrected chi connectivity index (χ2v) is 7.26. The third-order valence-corrected chi connectivity index (χ3v) is 5.77. The molecule has 0 atom stereocenters. The average Bonchev–Trinajstić information content (AvgIpc) is 2.54. The van der Waals surface area contributed by atoms with Crippen molar-refractivity contribution in [2.45, 2.75) is 11.8 Å². The predicted molar refractivity (Wildman–Crippen MR) is 88.1 cm³/mol. The van der Waals surface area contributed by atoms with Crippen molar-refractivity contribution in [2.24, 2.45) is 0 Å². The molecule has 0 unspecified atom stereocenters. The summed E-state index contributed by atoms with van der Waals surface area (Å²) in [7, 11) is -3.62. The summed E-state index contributed by atoms with van der Waals surface area (Å²) in [5.74, 6) is 0.703. The minimum absolute atomic E-state index is 0.233. The van der Waals surface area contributed by atoms with Gasteiger partial charge >= 0.3 is 0 Å². The lowest BCUT2D eigenvalue weighted by Gasteiger charge is -2.36. The van der Waals surface area contributed by atoms with E-state index in [1.165, 1.54) is 16.4 Å². The maximum Gasteiger partial charge on any atom is 0.264 e. The van der Waals surface area contributed by atoms with Crippen molar-refractivity contribution >= 4 is 33.1 Å². The third-order valence-electron chi connectivity index (χ3n) is 3.69. The molecule has 1 aliphatic rings. The molecule has 0 bridgehead atoms. The number of fused-ring (bicyclic) bond motifs is 1. The molecular formula is C15H16ClN3O2S. The van der Waals surface area contributed by atoms with E-state index in [1.54, 1.807) is 30.5 Å². The Bertz CT molecular complexity index is 778. The SMILES string of the molecule is CCN1CCN(S(=O)(=O)c2ccc(Cl)cc2)c2cccnc21. The Kier molecular flexibility index (Phi) is 3.97. The number of hydrogen-bond acceptors (Lipinski definition) is 4. The van der Waals surface area contributed by atoms with Crippen LogP contribution in [0.1, 0.15) is 6.92 Å². The average molecular weight is 338 g/mol. The second-order valence-electron chi connectivity index (χ2n) is 4.96. The van der Waals surface area contributed by atoms with Gasteiger partial charge in [0.1, 0.15) is 0 Å². The minimum Gasteiger partial charge on any atom is -0.353 e. The molecule has 0 saturated heterocycles. The van der Waals surface area contributed by atoms with Crippen molar-refractivity contribution in [1.29, 1.82) is 0 Å². The normalized spacial score (nSPS) is 14.8. The van der Waals surface area contributed by atoms with Gasteiger partial charge in [-0.05, 0) is 43.3 Å². The summed E-state index contributed by atoms with van der Waals surface area (Å²) in [6, 6.07) is 9.77. The summed E-state index contributed by atoms with van der Waals surface area (Å²) < 4.78 is 27.2. The van der Waals surface area contributed by atoms with Crippen LogP contribution in [0.15, 0.2) is 47.5 Å². The van der Waals surface area contributed by atoms with Crippen molar-refractivity contribution in [3.8, 4) is 0 Å². The summed E-state index contributed by atoms with van der Waals surface area (Å²) in [6.07, 6.45) is 1.68. The van der Waals surface area contributed by atoms with E-state index in [2.05, 4.69) is 9.88 Å². The molecule has 0 amide bonds. The number of likely N-dealkylation sites (N-methyl/N-ethyl adjacent to an activating group) is 1. The highest BCUT2D eigenvalue weighted by Crippen LogP contribution is 2.34. The molecule has 0 fully saturated rings. The van der Waals surface area contributed by atoms with Crippen LogP contribution in [-0.2, 0) is 10.0 Å². The lowest BCUT2D eigenvalue weighted by Crippen LogP contribution is -2.44. The van der Waals surface area contributed by atoms with Crippen LogP contribution >= 0.6 is 11.6 Å². The van der Waals surface area contributed by atoms with Crippen LogP contribution in [-0.4, -0.2) is 33.0 Å². The van der Waals surface area contributed by atoms with Gasteiger partial charge in [-0.1, -0.05) is 11.6 Å². The Morgan fingerprint density at radius 2 is 1.91 bits per heavy atom. The maximum absolute atomic E-state index is 12.9. The topological polar surface area (TPSA) is 53.5 Å². The molecule has 3 rings (SSSR count). The Hall–Kier alpha value is -1.79. The first-order chi connectivity index (χ1) is 10.5. The molecule has 1 aromatic heterocycles.